The molecule has 9 nitrogen and oxygen atoms in total. The van der Waals surface area contributed by atoms with E-state index in [0.717, 1.165) is 0 Å². The maximum absolute atomic E-state index is 12.4. The molecule has 2 rings (SSSR count). The number of anilines is 1. The predicted octanol–water partition coefficient (Wildman–Crippen LogP) is 1.63. The van der Waals surface area contributed by atoms with Crippen LogP contribution in [0.2, 0.25) is 5.02 Å². The Hall–Kier alpha value is -2.71. The second kappa shape index (κ2) is 9.48. The average molecular weight is 424 g/mol. The van der Waals surface area contributed by atoms with Crippen molar-refractivity contribution < 1.29 is 18.0 Å². The molecule has 0 fully saturated rings. The molecule has 1 heterocycles. The van der Waals surface area contributed by atoms with Crippen molar-refractivity contribution in [2.45, 2.75) is 4.90 Å². The highest BCUT2D eigenvalue weighted by atomic mass is 35.5. The first-order valence-electron chi connectivity index (χ1n) is 8.01. The van der Waals surface area contributed by atoms with E-state index in [9.17, 15) is 13.2 Å². The fourth-order valence-electron chi connectivity index (χ4n) is 2.17. The van der Waals surface area contributed by atoms with Gasteiger partial charge in [-0.05, 0) is 30.3 Å². The Morgan fingerprint density at radius 2 is 2.11 bits per heavy atom. The number of hydrogen-bond acceptors (Lipinski definition) is 7. The van der Waals surface area contributed by atoms with Crippen LogP contribution in [0.5, 0.6) is 0 Å². The zero-order valence-corrected chi connectivity index (χ0v) is 16.7. The van der Waals surface area contributed by atoms with Crippen molar-refractivity contribution in [1.82, 2.24) is 14.8 Å². The summed E-state index contributed by atoms with van der Waals surface area (Å²) in [5.74, 6) is -0.0572. The van der Waals surface area contributed by atoms with Gasteiger partial charge >= 0.3 is 0 Å². The third kappa shape index (κ3) is 4.96. The number of hydrogen-bond donors (Lipinski definition) is 2. The second-order valence-electron chi connectivity index (χ2n) is 5.44. The largest absolute Gasteiger partial charge is 0.367 e. The van der Waals surface area contributed by atoms with Gasteiger partial charge in [-0.25, -0.2) is 13.4 Å². The maximum Gasteiger partial charge on any atom is 0.266 e. The van der Waals surface area contributed by atoms with Gasteiger partial charge in [0.15, 0.2) is 0 Å². The third-order valence-electron chi connectivity index (χ3n) is 3.70. The zero-order chi connectivity index (χ0) is 20.7. The number of rotatable bonds is 8. The quantitative estimate of drug-likeness (QED) is 0.488. The van der Waals surface area contributed by atoms with Crippen molar-refractivity contribution in [3.8, 4) is 6.07 Å². The van der Waals surface area contributed by atoms with Gasteiger partial charge in [0.05, 0.1) is 17.7 Å². The molecule has 2 N–H and O–H groups in total. The third-order valence-corrected chi connectivity index (χ3v) is 5.86. The summed E-state index contributed by atoms with van der Waals surface area (Å²) in [4.78, 5) is 20.8. The summed E-state index contributed by atoms with van der Waals surface area (Å²) < 4.78 is 25.4. The Kier molecular flexibility index (Phi) is 7.31. The van der Waals surface area contributed by atoms with Crippen LogP contribution in [0.1, 0.15) is 15.9 Å². The normalized spacial score (nSPS) is 11.1. The number of amides is 1. The van der Waals surface area contributed by atoms with E-state index in [-0.39, 0.29) is 22.0 Å². The molecule has 1 amide bonds. The van der Waals surface area contributed by atoms with Gasteiger partial charge in [0.1, 0.15) is 16.8 Å². The molecule has 0 radical (unpaired) electrons. The Balaban J connectivity index is 2.03. The summed E-state index contributed by atoms with van der Waals surface area (Å²) in [7, 11) is -1.57. The van der Waals surface area contributed by atoms with Gasteiger partial charge < -0.3 is 10.6 Å². The van der Waals surface area contributed by atoms with Crippen LogP contribution in [0.15, 0.2) is 41.4 Å². The Labute approximate surface area is 167 Å². The molecule has 148 valence electrons. The summed E-state index contributed by atoms with van der Waals surface area (Å²) in [6, 6.07) is 9.23. The number of sulfonamides is 1. The SMILES string of the molecule is CON(C)S(=O)(=O)c1cc(C(=O)NCCNc2ncccc2C#N)ccc1Cl. The fourth-order valence-corrected chi connectivity index (χ4v) is 3.65. The van der Waals surface area contributed by atoms with Gasteiger partial charge in [-0.15, -0.1) is 0 Å². The van der Waals surface area contributed by atoms with Crippen molar-refractivity contribution >= 4 is 33.3 Å². The van der Waals surface area contributed by atoms with E-state index < -0.39 is 15.9 Å². The molecular formula is C17H18ClN5O4S. The highest BCUT2D eigenvalue weighted by molar-refractivity contribution is 7.89. The van der Waals surface area contributed by atoms with E-state index in [1.807, 2.05) is 6.07 Å². The van der Waals surface area contributed by atoms with E-state index in [2.05, 4.69) is 15.6 Å². The highest BCUT2D eigenvalue weighted by Gasteiger charge is 2.25. The molecule has 0 aliphatic heterocycles. The minimum atomic E-state index is -4.00. The van der Waals surface area contributed by atoms with Gasteiger partial charge in [-0.3, -0.25) is 9.63 Å². The van der Waals surface area contributed by atoms with Gasteiger partial charge in [0, 0.05) is 31.9 Å². The molecule has 0 atom stereocenters. The summed E-state index contributed by atoms with van der Waals surface area (Å²) >= 11 is 5.97. The number of benzene rings is 1. The van der Waals surface area contributed by atoms with Crippen molar-refractivity contribution in [3.05, 3.63) is 52.7 Å². The van der Waals surface area contributed by atoms with Crippen molar-refractivity contribution in [1.29, 1.82) is 5.26 Å². The van der Waals surface area contributed by atoms with Crippen molar-refractivity contribution in [2.24, 2.45) is 0 Å². The monoisotopic (exact) mass is 423 g/mol. The summed E-state index contributed by atoms with van der Waals surface area (Å²) in [5, 5.41) is 14.6. The summed E-state index contributed by atoms with van der Waals surface area (Å²) in [6.07, 6.45) is 1.55. The molecular weight excluding hydrogens is 406 g/mol. The second-order valence-corrected chi connectivity index (χ2v) is 7.75. The molecule has 0 saturated carbocycles. The van der Waals surface area contributed by atoms with E-state index in [0.29, 0.717) is 22.4 Å². The lowest BCUT2D eigenvalue weighted by atomic mass is 10.2. The lowest BCUT2D eigenvalue weighted by Crippen LogP contribution is -2.30. The number of nitriles is 1. The molecule has 0 aliphatic rings. The maximum atomic E-state index is 12.4. The molecule has 11 heteroatoms. The zero-order valence-electron chi connectivity index (χ0n) is 15.1. The number of pyridine rings is 1. The Bertz CT molecular complexity index is 1010. The van der Waals surface area contributed by atoms with E-state index in [1.54, 1.807) is 18.3 Å². The van der Waals surface area contributed by atoms with Crippen LogP contribution in [0.4, 0.5) is 5.82 Å². The van der Waals surface area contributed by atoms with Gasteiger partial charge in [0.25, 0.3) is 15.9 Å². The van der Waals surface area contributed by atoms with Crippen LogP contribution < -0.4 is 10.6 Å². The number of carbonyl (C=O) groups excluding carboxylic acids is 1. The van der Waals surface area contributed by atoms with Crippen LogP contribution in [0.3, 0.4) is 0 Å². The number of carbonyl (C=O) groups is 1. The number of nitrogens with one attached hydrogen (secondary N) is 2. The van der Waals surface area contributed by atoms with Crippen LogP contribution >= 0.6 is 11.6 Å². The van der Waals surface area contributed by atoms with Crippen LogP contribution in [0, 0.1) is 11.3 Å². The molecule has 0 spiro atoms. The smallest absolute Gasteiger partial charge is 0.266 e. The minimum absolute atomic E-state index is 0.0266. The predicted molar refractivity (Wildman–Crippen MR) is 103 cm³/mol. The molecule has 0 unspecified atom stereocenters. The number of nitrogens with zero attached hydrogens (tertiary/aromatic N) is 3. The highest BCUT2D eigenvalue weighted by Crippen LogP contribution is 2.25. The molecule has 1 aromatic carbocycles. The number of halogens is 1. The molecule has 2 aromatic rings. The molecule has 28 heavy (non-hydrogen) atoms. The van der Waals surface area contributed by atoms with Crippen molar-refractivity contribution in [3.63, 3.8) is 0 Å². The first-order valence-corrected chi connectivity index (χ1v) is 9.83. The lowest BCUT2D eigenvalue weighted by Gasteiger charge is -2.16. The first kappa shape index (κ1) is 21.6. The molecule has 0 aliphatic carbocycles. The van der Waals surface area contributed by atoms with Crippen molar-refractivity contribution in [2.75, 3.05) is 32.6 Å². The Morgan fingerprint density at radius 3 is 2.79 bits per heavy atom. The van der Waals surface area contributed by atoms with Crippen LogP contribution in [0.25, 0.3) is 0 Å². The number of hydroxylamine groups is 1. The number of aromatic nitrogens is 1. The topological polar surface area (TPSA) is 124 Å². The summed E-state index contributed by atoms with van der Waals surface area (Å²) in [6.45, 7) is 0.547. The fraction of sp³-hybridized carbons (Fsp3) is 0.235. The van der Waals surface area contributed by atoms with Crippen LogP contribution in [-0.4, -0.2) is 51.0 Å². The first-order chi connectivity index (χ1) is 13.3. The van der Waals surface area contributed by atoms with Gasteiger partial charge in [0.2, 0.25) is 0 Å². The molecule has 0 saturated heterocycles. The minimum Gasteiger partial charge on any atom is -0.367 e. The Morgan fingerprint density at radius 1 is 1.36 bits per heavy atom. The average Bonchev–Trinajstić information content (AvgIpc) is 2.70. The standard InChI is InChI=1S/C17H18ClN5O4S/c1-23(27-2)28(25,26)15-10-12(5-6-14(15)18)17(24)22-9-8-21-16-13(11-19)4-3-7-20-16/h3-7,10H,8-9H2,1-2H3,(H,20,21)(H,22,24). The lowest BCUT2D eigenvalue weighted by molar-refractivity contribution is -0.0258. The van der Waals surface area contributed by atoms with E-state index in [4.69, 9.17) is 21.7 Å². The van der Waals surface area contributed by atoms with E-state index >= 15 is 0 Å². The van der Waals surface area contributed by atoms with Crippen LogP contribution in [-0.2, 0) is 14.9 Å². The molecule has 0 bridgehead atoms. The van der Waals surface area contributed by atoms with E-state index in [1.165, 1.54) is 32.4 Å². The summed E-state index contributed by atoms with van der Waals surface area (Å²) in [5.41, 5.74) is 0.520. The van der Waals surface area contributed by atoms with Gasteiger partial charge in [-0.1, -0.05) is 16.1 Å². The van der Waals surface area contributed by atoms with Gasteiger partial charge in [-0.2, -0.15) is 5.26 Å². The molecule has 1 aromatic heterocycles.